The molecule has 0 aliphatic heterocycles. The van der Waals surface area contributed by atoms with Gasteiger partial charge in [-0.15, -0.1) is 0 Å². The molecule has 6 heteroatoms. The molecule has 0 spiro atoms. The fraction of sp³-hybridized carbons (Fsp3) is 0.278. The van der Waals surface area contributed by atoms with Crippen molar-refractivity contribution in [2.75, 3.05) is 6.61 Å². The fourth-order valence-electron chi connectivity index (χ4n) is 2.20. The molecule has 2 N–H and O–H groups in total. The molecular formula is C18H20N2O4. The SMILES string of the molecule is CC(C)(C)NC(=O)NC(=O)COc1ccc2ccccc2c1C=O. The Hall–Kier alpha value is -2.89. The first kappa shape index (κ1) is 17.5. The van der Waals surface area contributed by atoms with Gasteiger partial charge in [0.15, 0.2) is 12.9 Å². The van der Waals surface area contributed by atoms with Gasteiger partial charge in [-0.05, 0) is 37.6 Å². The second-order valence-corrected chi connectivity index (χ2v) is 6.36. The van der Waals surface area contributed by atoms with E-state index < -0.39 is 17.5 Å². The molecule has 2 aromatic rings. The van der Waals surface area contributed by atoms with E-state index in [1.54, 1.807) is 26.8 Å². The molecule has 0 bridgehead atoms. The molecule has 126 valence electrons. The van der Waals surface area contributed by atoms with E-state index in [1.807, 2.05) is 30.3 Å². The lowest BCUT2D eigenvalue weighted by molar-refractivity contribution is -0.122. The van der Waals surface area contributed by atoms with Crippen LogP contribution in [0.15, 0.2) is 36.4 Å². The van der Waals surface area contributed by atoms with Gasteiger partial charge in [-0.3, -0.25) is 14.9 Å². The van der Waals surface area contributed by atoms with E-state index in [0.29, 0.717) is 17.6 Å². The Morgan fingerprint density at radius 2 is 1.83 bits per heavy atom. The van der Waals surface area contributed by atoms with Crippen LogP contribution in [0.2, 0.25) is 0 Å². The van der Waals surface area contributed by atoms with Crippen LogP contribution >= 0.6 is 0 Å². The number of rotatable bonds is 4. The number of aldehydes is 1. The lowest BCUT2D eigenvalue weighted by Crippen LogP contribution is -2.49. The van der Waals surface area contributed by atoms with Crippen molar-refractivity contribution in [2.45, 2.75) is 26.3 Å². The summed E-state index contributed by atoms with van der Waals surface area (Å²) in [6.45, 7) is 5.05. The van der Waals surface area contributed by atoms with Gasteiger partial charge in [-0.1, -0.05) is 30.3 Å². The largest absolute Gasteiger partial charge is 0.483 e. The summed E-state index contributed by atoms with van der Waals surface area (Å²) in [5, 5.41) is 6.44. The van der Waals surface area contributed by atoms with Gasteiger partial charge in [-0.2, -0.15) is 0 Å². The third kappa shape index (κ3) is 4.55. The third-order valence-electron chi connectivity index (χ3n) is 3.15. The molecule has 0 heterocycles. The number of amides is 3. The molecule has 0 radical (unpaired) electrons. The highest BCUT2D eigenvalue weighted by atomic mass is 16.5. The van der Waals surface area contributed by atoms with Gasteiger partial charge >= 0.3 is 6.03 Å². The number of carbonyl (C=O) groups excluding carboxylic acids is 3. The second-order valence-electron chi connectivity index (χ2n) is 6.36. The molecule has 0 aromatic heterocycles. The predicted octanol–water partition coefficient (Wildman–Crippen LogP) is 2.66. The van der Waals surface area contributed by atoms with Gasteiger partial charge in [0, 0.05) is 5.54 Å². The van der Waals surface area contributed by atoms with E-state index in [0.717, 1.165) is 10.8 Å². The van der Waals surface area contributed by atoms with Gasteiger partial charge in [0.05, 0.1) is 5.56 Å². The molecule has 0 aliphatic rings. The number of imide groups is 1. The van der Waals surface area contributed by atoms with E-state index in [9.17, 15) is 14.4 Å². The minimum Gasteiger partial charge on any atom is -0.483 e. The first-order chi connectivity index (χ1) is 11.3. The van der Waals surface area contributed by atoms with E-state index in [-0.39, 0.29) is 6.61 Å². The van der Waals surface area contributed by atoms with Crippen LogP contribution < -0.4 is 15.4 Å². The number of ether oxygens (including phenoxy) is 1. The zero-order valence-electron chi connectivity index (χ0n) is 13.9. The highest BCUT2D eigenvalue weighted by Gasteiger charge is 2.16. The maximum Gasteiger partial charge on any atom is 0.321 e. The van der Waals surface area contributed by atoms with Crippen LogP contribution in [0.1, 0.15) is 31.1 Å². The molecule has 2 aromatic carbocycles. The molecular weight excluding hydrogens is 308 g/mol. The summed E-state index contributed by atoms with van der Waals surface area (Å²) in [5.41, 5.74) is -0.0751. The number of benzene rings is 2. The predicted molar refractivity (Wildman–Crippen MR) is 91.3 cm³/mol. The summed E-state index contributed by atoms with van der Waals surface area (Å²) < 4.78 is 5.41. The zero-order valence-corrected chi connectivity index (χ0v) is 13.9. The Balaban J connectivity index is 2.04. The Kier molecular flexibility index (Phi) is 5.18. The Morgan fingerprint density at radius 1 is 1.12 bits per heavy atom. The number of hydrogen-bond donors (Lipinski definition) is 2. The molecule has 0 saturated heterocycles. The van der Waals surface area contributed by atoms with Crippen LogP contribution in [0, 0.1) is 0 Å². The Bertz CT molecular complexity index is 778. The smallest absolute Gasteiger partial charge is 0.321 e. The summed E-state index contributed by atoms with van der Waals surface area (Å²) in [6.07, 6.45) is 0.696. The fourth-order valence-corrected chi connectivity index (χ4v) is 2.20. The number of urea groups is 1. The van der Waals surface area contributed by atoms with Crippen LogP contribution in [0.25, 0.3) is 10.8 Å². The first-order valence-electron chi connectivity index (χ1n) is 7.52. The van der Waals surface area contributed by atoms with Crippen molar-refractivity contribution in [1.29, 1.82) is 0 Å². The molecule has 0 aliphatic carbocycles. The summed E-state index contributed by atoms with van der Waals surface area (Å²) in [7, 11) is 0. The van der Waals surface area contributed by atoms with Crippen LogP contribution in [-0.2, 0) is 4.79 Å². The number of nitrogens with one attached hydrogen (secondary N) is 2. The van der Waals surface area contributed by atoms with Crippen molar-refractivity contribution < 1.29 is 19.1 Å². The quantitative estimate of drug-likeness (QED) is 0.845. The highest BCUT2D eigenvalue weighted by molar-refractivity contribution is 6.01. The molecule has 24 heavy (non-hydrogen) atoms. The standard InChI is InChI=1S/C18H20N2O4/c1-18(2,3)20-17(23)19-16(22)11-24-15-9-8-12-6-4-5-7-13(12)14(15)10-21/h4-10H,11H2,1-3H3,(H2,19,20,22,23). The van der Waals surface area contributed by atoms with Gasteiger partial charge in [-0.25, -0.2) is 4.79 Å². The number of hydrogen-bond acceptors (Lipinski definition) is 4. The lowest BCUT2D eigenvalue weighted by atomic mass is 10.0. The highest BCUT2D eigenvalue weighted by Crippen LogP contribution is 2.26. The summed E-state index contributed by atoms with van der Waals surface area (Å²) in [6, 6.07) is 10.2. The van der Waals surface area contributed by atoms with E-state index in [2.05, 4.69) is 10.6 Å². The van der Waals surface area contributed by atoms with Gasteiger partial charge in [0.2, 0.25) is 0 Å². The summed E-state index contributed by atoms with van der Waals surface area (Å²) in [5.74, 6) is -0.295. The van der Waals surface area contributed by atoms with E-state index >= 15 is 0 Å². The maximum atomic E-state index is 11.8. The normalized spacial score (nSPS) is 11.0. The maximum absolute atomic E-state index is 11.8. The van der Waals surface area contributed by atoms with Crippen molar-refractivity contribution in [3.05, 3.63) is 42.0 Å². The summed E-state index contributed by atoms with van der Waals surface area (Å²) >= 11 is 0. The second kappa shape index (κ2) is 7.12. The van der Waals surface area contributed by atoms with Crippen molar-refractivity contribution in [1.82, 2.24) is 10.6 Å². The molecule has 0 unspecified atom stereocenters. The molecule has 3 amide bonds. The molecule has 0 fully saturated rings. The van der Waals surface area contributed by atoms with Crippen LogP contribution in [0.3, 0.4) is 0 Å². The minimum absolute atomic E-state index is 0.301. The van der Waals surface area contributed by atoms with Crippen LogP contribution in [0.4, 0.5) is 4.79 Å². The van der Waals surface area contributed by atoms with Crippen molar-refractivity contribution >= 4 is 29.0 Å². The summed E-state index contributed by atoms with van der Waals surface area (Å²) in [4.78, 5) is 34.8. The minimum atomic E-state index is -0.596. The van der Waals surface area contributed by atoms with Gasteiger partial charge in [0.1, 0.15) is 5.75 Å². The van der Waals surface area contributed by atoms with E-state index in [1.165, 1.54) is 0 Å². The number of fused-ring (bicyclic) bond motifs is 1. The Morgan fingerprint density at radius 3 is 2.50 bits per heavy atom. The van der Waals surface area contributed by atoms with Gasteiger partial charge < -0.3 is 10.1 Å². The monoisotopic (exact) mass is 328 g/mol. The first-order valence-corrected chi connectivity index (χ1v) is 7.52. The Labute approximate surface area is 140 Å². The third-order valence-corrected chi connectivity index (χ3v) is 3.15. The molecule has 6 nitrogen and oxygen atoms in total. The average molecular weight is 328 g/mol. The average Bonchev–Trinajstić information content (AvgIpc) is 2.50. The molecule has 2 rings (SSSR count). The van der Waals surface area contributed by atoms with E-state index in [4.69, 9.17) is 4.74 Å². The molecule has 0 saturated carbocycles. The van der Waals surface area contributed by atoms with Crippen molar-refractivity contribution in [2.24, 2.45) is 0 Å². The zero-order chi connectivity index (χ0) is 17.7. The van der Waals surface area contributed by atoms with Gasteiger partial charge in [0.25, 0.3) is 5.91 Å². The van der Waals surface area contributed by atoms with Crippen LogP contribution in [0.5, 0.6) is 5.75 Å². The van der Waals surface area contributed by atoms with Crippen LogP contribution in [-0.4, -0.2) is 30.4 Å². The topological polar surface area (TPSA) is 84.5 Å². The lowest BCUT2D eigenvalue weighted by Gasteiger charge is -2.20. The molecule has 0 atom stereocenters. The van der Waals surface area contributed by atoms with Crippen molar-refractivity contribution in [3.63, 3.8) is 0 Å². The number of carbonyl (C=O) groups is 3. The van der Waals surface area contributed by atoms with Crippen molar-refractivity contribution in [3.8, 4) is 5.75 Å².